The molecule has 1 N–H and O–H groups in total. The number of para-hydroxylation sites is 1. The van der Waals surface area contributed by atoms with Gasteiger partial charge in [-0.2, -0.15) is 13.2 Å². The molecule has 6 heteroatoms. The molecule has 0 atom stereocenters. The highest BCUT2D eigenvalue weighted by Gasteiger charge is 2.35. The molecule has 0 bridgehead atoms. The van der Waals surface area contributed by atoms with Gasteiger partial charge in [-0.05, 0) is 30.3 Å². The van der Waals surface area contributed by atoms with Gasteiger partial charge < -0.3 is 10.0 Å². The van der Waals surface area contributed by atoms with Crippen LogP contribution in [0.5, 0.6) is 0 Å². The van der Waals surface area contributed by atoms with Gasteiger partial charge in [-0.1, -0.05) is 18.2 Å². The Bertz CT molecular complexity index is 654. The molecule has 0 aliphatic rings. The van der Waals surface area contributed by atoms with Crippen molar-refractivity contribution in [2.45, 2.75) is 6.18 Å². The molecule has 0 amide bonds. The number of nitrogens with zero attached hydrogens (tertiary/aromatic N) is 1. The third-order valence-corrected chi connectivity index (χ3v) is 3.07. The predicted molar refractivity (Wildman–Crippen MR) is 72.9 cm³/mol. The Labute approximate surface area is 119 Å². The zero-order valence-electron chi connectivity index (χ0n) is 11.1. The smallest absolute Gasteiger partial charge is 0.417 e. The van der Waals surface area contributed by atoms with Crippen LogP contribution >= 0.6 is 0 Å². The first-order chi connectivity index (χ1) is 9.80. The van der Waals surface area contributed by atoms with Crippen molar-refractivity contribution in [1.82, 2.24) is 0 Å². The molecule has 0 saturated carbocycles. The second-order valence-electron chi connectivity index (χ2n) is 4.43. The summed E-state index contributed by atoms with van der Waals surface area (Å²) in [5.41, 5.74) is -0.949. The molecule has 110 valence electrons. The number of benzene rings is 2. The molecule has 0 spiro atoms. The van der Waals surface area contributed by atoms with Crippen LogP contribution in [0.1, 0.15) is 15.9 Å². The van der Waals surface area contributed by atoms with E-state index >= 15 is 0 Å². The van der Waals surface area contributed by atoms with Crippen molar-refractivity contribution in [1.29, 1.82) is 0 Å². The van der Waals surface area contributed by atoms with Crippen LogP contribution in [0.2, 0.25) is 0 Å². The third kappa shape index (κ3) is 3.16. The Kier molecular flexibility index (Phi) is 3.88. The van der Waals surface area contributed by atoms with Crippen LogP contribution in [0.4, 0.5) is 24.5 Å². The Hall–Kier alpha value is -2.50. The molecule has 0 radical (unpaired) electrons. The maximum Gasteiger partial charge on any atom is 0.417 e. The fraction of sp³-hybridized carbons (Fsp3) is 0.133. The Morgan fingerprint density at radius 1 is 1.05 bits per heavy atom. The average molecular weight is 295 g/mol. The fourth-order valence-electron chi connectivity index (χ4n) is 1.96. The summed E-state index contributed by atoms with van der Waals surface area (Å²) in [6.07, 6.45) is -4.72. The minimum absolute atomic E-state index is 0.263. The third-order valence-electron chi connectivity index (χ3n) is 3.07. The molecule has 0 aromatic heterocycles. The SMILES string of the molecule is CN(c1ccccc1)c1ccc(C(=O)O)c(C(F)(F)F)c1. The summed E-state index contributed by atoms with van der Waals surface area (Å²) in [5.74, 6) is -1.60. The summed E-state index contributed by atoms with van der Waals surface area (Å²) >= 11 is 0. The largest absolute Gasteiger partial charge is 0.478 e. The lowest BCUT2D eigenvalue weighted by atomic mass is 10.1. The lowest BCUT2D eigenvalue weighted by Gasteiger charge is -2.21. The molecular formula is C15H12F3NO2. The zero-order chi connectivity index (χ0) is 15.6. The van der Waals surface area contributed by atoms with Gasteiger partial charge >= 0.3 is 12.1 Å². The van der Waals surface area contributed by atoms with Crippen molar-refractivity contribution in [3.63, 3.8) is 0 Å². The summed E-state index contributed by atoms with van der Waals surface area (Å²) in [6, 6.07) is 12.0. The minimum atomic E-state index is -4.72. The van der Waals surface area contributed by atoms with Gasteiger partial charge in [0.25, 0.3) is 0 Å². The van der Waals surface area contributed by atoms with E-state index in [2.05, 4.69) is 0 Å². The van der Waals surface area contributed by atoms with Gasteiger partial charge in [-0.3, -0.25) is 0 Å². The maximum absolute atomic E-state index is 13.0. The summed E-state index contributed by atoms with van der Waals surface area (Å²) in [7, 11) is 1.62. The van der Waals surface area contributed by atoms with E-state index in [9.17, 15) is 18.0 Å². The van der Waals surface area contributed by atoms with Crippen molar-refractivity contribution in [2.24, 2.45) is 0 Å². The molecular weight excluding hydrogens is 283 g/mol. The van der Waals surface area contributed by atoms with Gasteiger partial charge in [-0.15, -0.1) is 0 Å². The molecule has 0 fully saturated rings. The highest BCUT2D eigenvalue weighted by Crippen LogP contribution is 2.35. The Morgan fingerprint density at radius 2 is 1.67 bits per heavy atom. The van der Waals surface area contributed by atoms with Crippen molar-refractivity contribution < 1.29 is 23.1 Å². The first kappa shape index (κ1) is 14.9. The highest BCUT2D eigenvalue weighted by molar-refractivity contribution is 5.90. The van der Waals surface area contributed by atoms with Crippen LogP contribution in [0.25, 0.3) is 0 Å². The topological polar surface area (TPSA) is 40.5 Å². The van der Waals surface area contributed by atoms with Gasteiger partial charge in [0.1, 0.15) is 0 Å². The number of carbonyl (C=O) groups is 1. The molecule has 21 heavy (non-hydrogen) atoms. The first-order valence-electron chi connectivity index (χ1n) is 6.04. The average Bonchev–Trinajstić information content (AvgIpc) is 2.45. The van der Waals surface area contributed by atoms with E-state index in [1.807, 2.05) is 0 Å². The number of alkyl halides is 3. The number of hydrogen-bond acceptors (Lipinski definition) is 2. The lowest BCUT2D eigenvalue weighted by molar-refractivity contribution is -0.138. The predicted octanol–water partition coefficient (Wildman–Crippen LogP) is 4.17. The molecule has 0 aliphatic heterocycles. The monoisotopic (exact) mass is 295 g/mol. The van der Waals surface area contributed by atoms with Crippen LogP contribution in [0, 0.1) is 0 Å². The highest BCUT2D eigenvalue weighted by atomic mass is 19.4. The van der Waals surface area contributed by atoms with E-state index in [1.54, 1.807) is 42.3 Å². The second-order valence-corrected chi connectivity index (χ2v) is 4.43. The molecule has 0 unspecified atom stereocenters. The molecule has 2 aromatic rings. The van der Waals surface area contributed by atoms with Crippen LogP contribution in [0.15, 0.2) is 48.5 Å². The van der Waals surface area contributed by atoms with Crippen LogP contribution in [0.3, 0.4) is 0 Å². The van der Waals surface area contributed by atoms with Crippen molar-refractivity contribution in [3.05, 3.63) is 59.7 Å². The molecule has 0 aliphatic carbocycles. The second kappa shape index (κ2) is 5.47. The Morgan fingerprint density at radius 3 is 2.19 bits per heavy atom. The number of anilines is 2. The maximum atomic E-state index is 13.0. The summed E-state index contributed by atoms with van der Waals surface area (Å²) in [6.45, 7) is 0. The van der Waals surface area contributed by atoms with Gasteiger partial charge in [0.05, 0.1) is 11.1 Å². The number of halogens is 3. The lowest BCUT2D eigenvalue weighted by Crippen LogP contribution is -2.16. The zero-order valence-corrected chi connectivity index (χ0v) is 11.1. The van der Waals surface area contributed by atoms with Crippen LogP contribution in [-0.2, 0) is 6.18 Å². The van der Waals surface area contributed by atoms with E-state index < -0.39 is 23.3 Å². The standard InChI is InChI=1S/C15H12F3NO2/c1-19(10-5-3-2-4-6-10)11-7-8-12(14(20)21)13(9-11)15(16,17)18/h2-9H,1H3,(H,20,21). The molecule has 0 heterocycles. The number of carboxylic acids is 1. The minimum Gasteiger partial charge on any atom is -0.478 e. The number of aromatic carboxylic acids is 1. The van der Waals surface area contributed by atoms with Crippen LogP contribution in [-0.4, -0.2) is 18.1 Å². The van der Waals surface area contributed by atoms with E-state index in [0.29, 0.717) is 5.69 Å². The number of hydrogen-bond donors (Lipinski definition) is 1. The van der Waals surface area contributed by atoms with Crippen molar-refractivity contribution in [3.8, 4) is 0 Å². The molecule has 3 nitrogen and oxygen atoms in total. The van der Waals surface area contributed by atoms with E-state index in [-0.39, 0.29) is 5.69 Å². The van der Waals surface area contributed by atoms with Gasteiger partial charge in [0.15, 0.2) is 0 Å². The normalized spacial score (nSPS) is 11.2. The molecule has 2 aromatic carbocycles. The van der Waals surface area contributed by atoms with Crippen molar-refractivity contribution >= 4 is 17.3 Å². The van der Waals surface area contributed by atoms with Crippen LogP contribution < -0.4 is 4.90 Å². The van der Waals surface area contributed by atoms with E-state index in [4.69, 9.17) is 5.11 Å². The van der Waals surface area contributed by atoms with E-state index in [0.717, 1.165) is 12.1 Å². The fourth-order valence-corrected chi connectivity index (χ4v) is 1.96. The first-order valence-corrected chi connectivity index (χ1v) is 6.04. The summed E-state index contributed by atoms with van der Waals surface area (Å²) in [5, 5.41) is 8.86. The number of carboxylic acid groups (broad SMARTS) is 1. The Balaban J connectivity index is 2.50. The van der Waals surface area contributed by atoms with Gasteiger partial charge in [-0.25, -0.2) is 4.79 Å². The van der Waals surface area contributed by atoms with Gasteiger partial charge in [0.2, 0.25) is 0 Å². The quantitative estimate of drug-likeness (QED) is 0.923. The molecule has 2 rings (SSSR count). The van der Waals surface area contributed by atoms with Crippen molar-refractivity contribution in [2.75, 3.05) is 11.9 Å². The summed E-state index contributed by atoms with van der Waals surface area (Å²) < 4.78 is 38.9. The molecule has 0 saturated heterocycles. The van der Waals surface area contributed by atoms with Gasteiger partial charge in [0, 0.05) is 18.4 Å². The number of rotatable bonds is 3. The van der Waals surface area contributed by atoms with E-state index in [1.165, 1.54) is 6.07 Å². The summed E-state index contributed by atoms with van der Waals surface area (Å²) in [4.78, 5) is 12.5.